The Bertz CT molecular complexity index is 1360. The van der Waals surface area contributed by atoms with Crippen LogP contribution in [0.4, 0.5) is 22.7 Å². The van der Waals surface area contributed by atoms with E-state index in [-0.39, 0.29) is 22.3 Å². The average molecular weight is 526 g/mol. The van der Waals surface area contributed by atoms with Gasteiger partial charge in [-0.1, -0.05) is 0 Å². The van der Waals surface area contributed by atoms with Crippen molar-refractivity contribution in [2.75, 3.05) is 0 Å². The lowest BCUT2D eigenvalue weighted by atomic mass is 10.1. The van der Waals surface area contributed by atoms with Crippen LogP contribution in [-0.4, -0.2) is 31.6 Å². The number of rotatable bonds is 10. The Morgan fingerprint density at radius 3 is 1.18 bits per heavy atom. The number of carbonyl (C=O) groups is 2. The van der Waals surface area contributed by atoms with Gasteiger partial charge in [0.25, 0.3) is 22.7 Å². The number of nitro benzene ring substituents is 4. The first-order chi connectivity index (χ1) is 18.0. The topological polar surface area (TPSA) is 225 Å². The van der Waals surface area contributed by atoms with E-state index in [0.717, 1.165) is 36.4 Å². The highest BCUT2D eigenvalue weighted by molar-refractivity contribution is 5.93. The quantitative estimate of drug-likeness (QED) is 0.207. The summed E-state index contributed by atoms with van der Waals surface area (Å²) in [6.45, 7) is -1.10. The Morgan fingerprint density at radius 2 is 0.895 bits per heavy atom. The molecule has 0 aliphatic rings. The van der Waals surface area contributed by atoms with E-state index in [1.54, 1.807) is 0 Å². The van der Waals surface area contributed by atoms with Crippen molar-refractivity contribution in [3.63, 3.8) is 0 Å². The highest BCUT2D eigenvalue weighted by atomic mass is 16.6. The summed E-state index contributed by atoms with van der Waals surface area (Å²) in [5.74, 6) is -1.81. The third-order valence-electron chi connectivity index (χ3n) is 5.03. The molecular formula is C22H14N4O12. The van der Waals surface area contributed by atoms with Crippen LogP contribution in [0, 0.1) is 40.5 Å². The Kier molecular flexibility index (Phi) is 7.96. The number of hydrogen-bond donors (Lipinski definition) is 0. The zero-order valence-electron chi connectivity index (χ0n) is 18.9. The molecule has 0 atom stereocenters. The molecule has 0 aromatic heterocycles. The fourth-order valence-corrected chi connectivity index (χ4v) is 3.11. The number of ether oxygens (including phenoxy) is 2. The predicted molar refractivity (Wildman–Crippen MR) is 124 cm³/mol. The first-order valence-electron chi connectivity index (χ1n) is 10.3. The van der Waals surface area contributed by atoms with Gasteiger partial charge in [-0.05, 0) is 36.4 Å². The van der Waals surface area contributed by atoms with Gasteiger partial charge in [0.2, 0.25) is 0 Å². The molecule has 16 heteroatoms. The molecule has 38 heavy (non-hydrogen) atoms. The van der Waals surface area contributed by atoms with Crippen LogP contribution >= 0.6 is 0 Å². The number of esters is 2. The smallest absolute Gasteiger partial charge is 0.338 e. The Labute approximate surface area is 210 Å². The van der Waals surface area contributed by atoms with Crippen molar-refractivity contribution >= 4 is 34.7 Å². The molecule has 194 valence electrons. The van der Waals surface area contributed by atoms with Crippen molar-refractivity contribution in [1.29, 1.82) is 0 Å². The van der Waals surface area contributed by atoms with Crippen LogP contribution in [0.5, 0.6) is 0 Å². The highest BCUT2D eigenvalue weighted by Crippen LogP contribution is 2.27. The standard InChI is InChI=1S/C22H14N4O12/c27-21(37-11-15-5-7-17(23(29)30)9-19(15)25(33)34)13-1-2-14(4-3-13)22(28)38-12-16-6-8-18(24(31)32)10-20(16)26(35)36/h1-10H,11-12H2. The van der Waals surface area contributed by atoms with Crippen LogP contribution in [0.2, 0.25) is 0 Å². The molecular weight excluding hydrogens is 512 g/mol. The second kappa shape index (κ2) is 11.3. The summed E-state index contributed by atoms with van der Waals surface area (Å²) in [7, 11) is 0. The minimum absolute atomic E-state index is 0.0304. The molecule has 0 aliphatic carbocycles. The van der Waals surface area contributed by atoms with E-state index >= 15 is 0 Å². The number of non-ortho nitro benzene ring substituents is 2. The van der Waals surface area contributed by atoms with Gasteiger partial charge in [-0.3, -0.25) is 40.5 Å². The lowest BCUT2D eigenvalue weighted by Crippen LogP contribution is -2.09. The molecule has 3 aromatic carbocycles. The molecule has 0 heterocycles. The average Bonchev–Trinajstić information content (AvgIpc) is 2.89. The van der Waals surface area contributed by atoms with E-state index in [1.807, 2.05) is 0 Å². The molecule has 3 rings (SSSR count). The molecule has 0 bridgehead atoms. The van der Waals surface area contributed by atoms with Crippen LogP contribution in [-0.2, 0) is 22.7 Å². The van der Waals surface area contributed by atoms with Gasteiger partial charge in [-0.15, -0.1) is 0 Å². The highest BCUT2D eigenvalue weighted by Gasteiger charge is 2.22. The summed E-state index contributed by atoms with van der Waals surface area (Å²) in [6, 6.07) is 10.6. The van der Waals surface area contributed by atoms with Crippen LogP contribution in [0.15, 0.2) is 60.7 Å². The van der Waals surface area contributed by atoms with Crippen molar-refractivity contribution in [1.82, 2.24) is 0 Å². The summed E-state index contributed by atoms with van der Waals surface area (Å²) >= 11 is 0. The Hall–Kier alpha value is -5.80. The lowest BCUT2D eigenvalue weighted by Gasteiger charge is -2.08. The Morgan fingerprint density at radius 1 is 0.553 bits per heavy atom. The summed E-state index contributed by atoms with van der Waals surface area (Å²) in [5.41, 5.74) is -2.41. The molecule has 0 saturated heterocycles. The van der Waals surface area contributed by atoms with Crippen molar-refractivity contribution in [3.05, 3.63) is 123 Å². The van der Waals surface area contributed by atoms with Gasteiger partial charge < -0.3 is 9.47 Å². The molecule has 0 fully saturated rings. The first kappa shape index (κ1) is 26.8. The third kappa shape index (κ3) is 6.25. The number of carbonyl (C=O) groups excluding carboxylic acids is 2. The SMILES string of the molecule is O=C(OCc1ccc([N+](=O)[O-])cc1[N+](=O)[O-])c1ccc(C(=O)OCc2ccc([N+](=O)[O-])cc2[N+](=O)[O-])cc1. The van der Waals surface area contributed by atoms with Crippen molar-refractivity contribution in [2.24, 2.45) is 0 Å². The molecule has 0 saturated carbocycles. The van der Waals surface area contributed by atoms with E-state index in [4.69, 9.17) is 9.47 Å². The van der Waals surface area contributed by atoms with E-state index in [9.17, 15) is 50.0 Å². The van der Waals surface area contributed by atoms with Crippen LogP contribution in [0.3, 0.4) is 0 Å². The molecule has 0 aliphatic heterocycles. The lowest BCUT2D eigenvalue weighted by molar-refractivity contribution is -0.395. The molecule has 0 radical (unpaired) electrons. The maximum atomic E-state index is 12.3. The van der Waals surface area contributed by atoms with Crippen molar-refractivity contribution in [2.45, 2.75) is 13.2 Å². The van der Waals surface area contributed by atoms with Gasteiger partial charge in [-0.25, -0.2) is 9.59 Å². The normalized spacial score (nSPS) is 10.3. The summed E-state index contributed by atoms with van der Waals surface area (Å²) < 4.78 is 10.1. The van der Waals surface area contributed by atoms with Crippen molar-refractivity contribution < 1.29 is 38.8 Å². The molecule has 0 unspecified atom stereocenters. The molecule has 0 spiro atoms. The van der Waals surface area contributed by atoms with E-state index in [2.05, 4.69) is 0 Å². The van der Waals surface area contributed by atoms with Gasteiger partial charge in [0.05, 0.1) is 54.1 Å². The second-order valence-electron chi connectivity index (χ2n) is 7.38. The van der Waals surface area contributed by atoms with E-state index < -0.39 is 67.6 Å². The largest absolute Gasteiger partial charge is 0.457 e. The van der Waals surface area contributed by atoms with Crippen LogP contribution < -0.4 is 0 Å². The maximum Gasteiger partial charge on any atom is 0.338 e. The minimum atomic E-state index is -0.904. The van der Waals surface area contributed by atoms with Gasteiger partial charge in [0, 0.05) is 12.1 Å². The fraction of sp³-hybridized carbons (Fsp3) is 0.0909. The summed E-state index contributed by atoms with van der Waals surface area (Å²) in [4.78, 5) is 65.3. The van der Waals surface area contributed by atoms with Gasteiger partial charge >= 0.3 is 11.9 Å². The zero-order valence-corrected chi connectivity index (χ0v) is 18.9. The molecule has 0 amide bonds. The monoisotopic (exact) mass is 526 g/mol. The summed E-state index contributed by atoms with van der Waals surface area (Å²) in [5, 5.41) is 44.0. The van der Waals surface area contributed by atoms with Gasteiger partial charge in [0.15, 0.2) is 0 Å². The Balaban J connectivity index is 1.64. The van der Waals surface area contributed by atoms with Crippen LogP contribution in [0.1, 0.15) is 31.8 Å². The van der Waals surface area contributed by atoms with Crippen molar-refractivity contribution in [3.8, 4) is 0 Å². The molecule has 0 N–H and O–H groups in total. The number of hydrogen-bond acceptors (Lipinski definition) is 12. The first-order valence-corrected chi connectivity index (χ1v) is 10.3. The predicted octanol–water partition coefficient (Wildman–Crippen LogP) is 4.03. The number of benzene rings is 3. The fourth-order valence-electron chi connectivity index (χ4n) is 3.11. The molecule has 16 nitrogen and oxygen atoms in total. The number of nitro groups is 4. The number of nitrogens with zero attached hydrogens (tertiary/aromatic N) is 4. The maximum absolute atomic E-state index is 12.3. The van der Waals surface area contributed by atoms with Gasteiger partial charge in [-0.2, -0.15) is 0 Å². The van der Waals surface area contributed by atoms with Crippen LogP contribution in [0.25, 0.3) is 0 Å². The van der Waals surface area contributed by atoms with E-state index in [1.165, 1.54) is 24.3 Å². The molecule has 3 aromatic rings. The zero-order chi connectivity index (χ0) is 28.0. The minimum Gasteiger partial charge on any atom is -0.457 e. The third-order valence-corrected chi connectivity index (χ3v) is 5.03. The van der Waals surface area contributed by atoms with E-state index in [0.29, 0.717) is 0 Å². The van der Waals surface area contributed by atoms with Gasteiger partial charge in [0.1, 0.15) is 13.2 Å². The second-order valence-corrected chi connectivity index (χ2v) is 7.38. The summed E-state index contributed by atoms with van der Waals surface area (Å²) in [6.07, 6.45) is 0.